The Bertz CT molecular complexity index is 812. The molecule has 0 aliphatic carbocycles. The van der Waals surface area contributed by atoms with Gasteiger partial charge in [0.05, 0.1) is 18.5 Å². The third kappa shape index (κ3) is 6.26. The number of carboxylic acid groups (broad SMARTS) is 1. The summed E-state index contributed by atoms with van der Waals surface area (Å²) < 4.78 is 0. The van der Waals surface area contributed by atoms with Crippen LogP contribution in [0.1, 0.15) is 39.3 Å². The first-order valence-corrected chi connectivity index (χ1v) is 10.6. The van der Waals surface area contributed by atoms with E-state index in [0.717, 1.165) is 0 Å². The maximum atomic E-state index is 12.9. The standard InChI is InChI=1S/C20H32N6O6/c1-10(2)15(21)19(30)26-6-4-5-14(26)17(28)25-16(11(3)27)18(29)24-13(20(31)32)7-12-8-22-9-23-12/h8-11,13-16,27H,4-7,21H2,1-3H3,(H,22,23)(H,24,29)(H,25,28)(H,31,32). The molecule has 0 saturated carbocycles. The number of nitrogens with one attached hydrogen (secondary N) is 3. The van der Waals surface area contributed by atoms with Crippen LogP contribution in [0.5, 0.6) is 0 Å². The molecule has 12 heteroatoms. The first kappa shape index (κ1) is 25.3. The van der Waals surface area contributed by atoms with Gasteiger partial charge in [0.1, 0.15) is 18.1 Å². The van der Waals surface area contributed by atoms with E-state index in [1.54, 1.807) is 0 Å². The zero-order valence-corrected chi connectivity index (χ0v) is 18.4. The molecule has 1 aliphatic heterocycles. The van der Waals surface area contributed by atoms with Crippen LogP contribution in [0.2, 0.25) is 0 Å². The lowest BCUT2D eigenvalue weighted by Gasteiger charge is -2.30. The smallest absolute Gasteiger partial charge is 0.326 e. The molecule has 1 aromatic rings. The highest BCUT2D eigenvalue weighted by Crippen LogP contribution is 2.20. The molecule has 1 aromatic heterocycles. The Kier molecular flexibility index (Phi) is 8.72. The SMILES string of the molecule is CC(C)C(N)C(=O)N1CCCC1C(=O)NC(C(=O)NC(Cc1cnc[nH]1)C(=O)O)C(C)O. The zero-order valence-electron chi connectivity index (χ0n) is 18.4. The molecule has 12 nitrogen and oxygen atoms in total. The van der Waals surface area contributed by atoms with Gasteiger partial charge in [0.15, 0.2) is 0 Å². The molecule has 7 N–H and O–H groups in total. The van der Waals surface area contributed by atoms with Gasteiger partial charge in [0, 0.05) is 24.9 Å². The van der Waals surface area contributed by atoms with Crippen LogP contribution in [0.4, 0.5) is 0 Å². The van der Waals surface area contributed by atoms with E-state index in [-0.39, 0.29) is 18.2 Å². The molecule has 1 saturated heterocycles. The van der Waals surface area contributed by atoms with Gasteiger partial charge in [-0.2, -0.15) is 0 Å². The number of hydrogen-bond acceptors (Lipinski definition) is 7. The van der Waals surface area contributed by atoms with Crippen LogP contribution >= 0.6 is 0 Å². The maximum absolute atomic E-state index is 12.9. The lowest BCUT2D eigenvalue weighted by Crippen LogP contribution is -2.59. The molecule has 0 bridgehead atoms. The van der Waals surface area contributed by atoms with E-state index in [9.17, 15) is 29.4 Å². The Morgan fingerprint density at radius 3 is 2.50 bits per heavy atom. The summed E-state index contributed by atoms with van der Waals surface area (Å²) in [4.78, 5) is 57.8. The highest BCUT2D eigenvalue weighted by Gasteiger charge is 2.39. The Balaban J connectivity index is 2.07. The number of nitrogens with zero attached hydrogens (tertiary/aromatic N) is 2. The van der Waals surface area contributed by atoms with Crippen LogP contribution in [0, 0.1) is 5.92 Å². The van der Waals surface area contributed by atoms with Gasteiger partial charge in [-0.25, -0.2) is 9.78 Å². The second-order valence-corrected chi connectivity index (χ2v) is 8.37. The van der Waals surface area contributed by atoms with Crippen LogP contribution in [-0.2, 0) is 25.6 Å². The van der Waals surface area contributed by atoms with Crippen LogP contribution < -0.4 is 16.4 Å². The second-order valence-electron chi connectivity index (χ2n) is 8.37. The number of carbonyl (C=O) groups is 4. The molecular formula is C20H32N6O6. The molecule has 2 rings (SSSR count). The number of carboxylic acids is 1. The maximum Gasteiger partial charge on any atom is 0.326 e. The number of hydrogen-bond donors (Lipinski definition) is 6. The predicted octanol–water partition coefficient (Wildman–Crippen LogP) is -1.64. The van der Waals surface area contributed by atoms with E-state index in [0.29, 0.717) is 25.1 Å². The average Bonchev–Trinajstić information content (AvgIpc) is 3.41. The molecule has 0 aromatic carbocycles. The fourth-order valence-electron chi connectivity index (χ4n) is 3.51. The van der Waals surface area contributed by atoms with Crippen molar-refractivity contribution >= 4 is 23.7 Å². The number of rotatable bonds is 10. The number of imidazole rings is 1. The Morgan fingerprint density at radius 1 is 1.28 bits per heavy atom. The molecule has 0 radical (unpaired) electrons. The van der Waals surface area contributed by atoms with E-state index in [4.69, 9.17) is 5.73 Å². The minimum absolute atomic E-state index is 0.0560. The van der Waals surface area contributed by atoms with Gasteiger partial charge in [-0.05, 0) is 25.7 Å². The van der Waals surface area contributed by atoms with Crippen molar-refractivity contribution in [2.45, 2.75) is 70.3 Å². The van der Waals surface area contributed by atoms with E-state index in [1.807, 2.05) is 13.8 Å². The van der Waals surface area contributed by atoms with Gasteiger partial charge in [-0.15, -0.1) is 0 Å². The minimum Gasteiger partial charge on any atom is -0.480 e. The number of aromatic amines is 1. The molecule has 32 heavy (non-hydrogen) atoms. The van der Waals surface area contributed by atoms with Gasteiger partial charge < -0.3 is 36.5 Å². The normalized spacial score (nSPS) is 19.8. The third-order valence-electron chi connectivity index (χ3n) is 5.50. The summed E-state index contributed by atoms with van der Waals surface area (Å²) in [5.74, 6) is -3.19. The van der Waals surface area contributed by atoms with Crippen LogP contribution in [0.15, 0.2) is 12.5 Å². The molecule has 2 heterocycles. The van der Waals surface area contributed by atoms with Crippen molar-refractivity contribution in [3.05, 3.63) is 18.2 Å². The minimum atomic E-state index is -1.40. The second kappa shape index (κ2) is 11.0. The number of amides is 3. The van der Waals surface area contributed by atoms with E-state index < -0.39 is 48.1 Å². The molecule has 1 aliphatic rings. The summed E-state index contributed by atoms with van der Waals surface area (Å²) >= 11 is 0. The molecule has 5 atom stereocenters. The average molecular weight is 453 g/mol. The molecular weight excluding hydrogens is 420 g/mol. The number of aliphatic carboxylic acids is 1. The summed E-state index contributed by atoms with van der Waals surface area (Å²) in [5, 5.41) is 24.3. The Morgan fingerprint density at radius 2 is 1.97 bits per heavy atom. The number of likely N-dealkylation sites (tertiary alicyclic amines) is 1. The summed E-state index contributed by atoms with van der Waals surface area (Å²) in [7, 11) is 0. The number of H-pyrrole nitrogens is 1. The van der Waals surface area contributed by atoms with Crippen molar-refractivity contribution < 1.29 is 29.4 Å². The predicted molar refractivity (Wildman–Crippen MR) is 113 cm³/mol. The van der Waals surface area contributed by atoms with Crippen LogP contribution in [0.25, 0.3) is 0 Å². The third-order valence-corrected chi connectivity index (χ3v) is 5.50. The van der Waals surface area contributed by atoms with Gasteiger partial charge in [0.25, 0.3) is 0 Å². The fraction of sp³-hybridized carbons (Fsp3) is 0.650. The van der Waals surface area contributed by atoms with E-state index in [2.05, 4.69) is 20.6 Å². The molecule has 178 valence electrons. The number of carbonyl (C=O) groups excluding carboxylic acids is 3. The molecule has 0 spiro atoms. The van der Waals surface area contributed by atoms with E-state index >= 15 is 0 Å². The van der Waals surface area contributed by atoms with Crippen molar-refractivity contribution in [2.75, 3.05) is 6.54 Å². The fourth-order valence-corrected chi connectivity index (χ4v) is 3.51. The largest absolute Gasteiger partial charge is 0.480 e. The van der Waals surface area contributed by atoms with Crippen LogP contribution in [-0.4, -0.2) is 85.6 Å². The van der Waals surface area contributed by atoms with Crippen molar-refractivity contribution in [3.8, 4) is 0 Å². The summed E-state index contributed by atoms with van der Waals surface area (Å²) in [6.45, 7) is 5.29. The van der Waals surface area contributed by atoms with Crippen LogP contribution in [0.3, 0.4) is 0 Å². The number of aromatic nitrogens is 2. The van der Waals surface area contributed by atoms with Gasteiger partial charge in [-0.1, -0.05) is 13.8 Å². The topological polar surface area (TPSA) is 191 Å². The highest BCUT2D eigenvalue weighted by molar-refractivity contribution is 5.94. The Hall–Kier alpha value is -2.99. The molecule has 1 fully saturated rings. The van der Waals surface area contributed by atoms with Crippen molar-refractivity contribution in [3.63, 3.8) is 0 Å². The monoisotopic (exact) mass is 452 g/mol. The summed E-state index contributed by atoms with van der Waals surface area (Å²) in [5.41, 5.74) is 6.45. The molecule has 3 amide bonds. The van der Waals surface area contributed by atoms with Gasteiger partial charge >= 0.3 is 5.97 Å². The van der Waals surface area contributed by atoms with Gasteiger partial charge in [0.2, 0.25) is 17.7 Å². The van der Waals surface area contributed by atoms with Crippen molar-refractivity contribution in [1.29, 1.82) is 0 Å². The number of nitrogens with two attached hydrogens (primary N) is 1. The van der Waals surface area contributed by atoms with E-state index in [1.165, 1.54) is 24.3 Å². The lowest BCUT2D eigenvalue weighted by molar-refractivity contribution is -0.144. The number of aliphatic hydroxyl groups excluding tert-OH is 1. The van der Waals surface area contributed by atoms with Crippen molar-refractivity contribution in [1.82, 2.24) is 25.5 Å². The first-order chi connectivity index (χ1) is 15.0. The zero-order chi connectivity index (χ0) is 24.0. The van der Waals surface area contributed by atoms with Gasteiger partial charge in [-0.3, -0.25) is 14.4 Å². The quantitative estimate of drug-likeness (QED) is 0.243. The number of aliphatic hydroxyl groups is 1. The Labute approximate surface area is 185 Å². The van der Waals surface area contributed by atoms with Crippen molar-refractivity contribution in [2.24, 2.45) is 11.7 Å². The molecule has 5 unspecified atom stereocenters. The summed E-state index contributed by atoms with van der Waals surface area (Å²) in [6.07, 6.45) is 2.46. The first-order valence-electron chi connectivity index (χ1n) is 10.6. The highest BCUT2D eigenvalue weighted by atomic mass is 16.4. The summed E-state index contributed by atoms with van der Waals surface area (Å²) in [6, 6.07) is -4.27. The lowest BCUT2D eigenvalue weighted by atomic mass is 10.0.